The van der Waals surface area contributed by atoms with Crippen LogP contribution in [-0.4, -0.2) is 5.91 Å². The molecule has 0 unspecified atom stereocenters. The van der Waals surface area contributed by atoms with Gasteiger partial charge in [0.15, 0.2) is 0 Å². The summed E-state index contributed by atoms with van der Waals surface area (Å²) in [5.74, 6) is -2.49. The minimum Gasteiger partial charge on any atom is -0.320 e. The molecule has 0 saturated heterocycles. The quantitative estimate of drug-likeness (QED) is 0.906. The van der Waals surface area contributed by atoms with Gasteiger partial charge in [0.05, 0.1) is 5.41 Å². The number of benzene rings is 2. The van der Waals surface area contributed by atoms with Crippen molar-refractivity contribution in [3.63, 3.8) is 0 Å². The van der Waals surface area contributed by atoms with Crippen molar-refractivity contribution in [3.05, 3.63) is 65.5 Å². The Balaban J connectivity index is 1.91. The topological polar surface area (TPSA) is 29.1 Å². The van der Waals surface area contributed by atoms with Crippen molar-refractivity contribution in [2.45, 2.75) is 24.7 Å². The monoisotopic (exact) mass is 305 g/mol. The standard InChI is InChI=1S/C17H14F3NO/c18-12-7-5-11(6-8-12)17(9-2-10-17)16(22)21-15-13(19)3-1-4-14(15)20/h1,3-8H,2,9-10H2,(H,21,22). The van der Waals surface area contributed by atoms with Crippen LogP contribution in [0.1, 0.15) is 24.8 Å². The van der Waals surface area contributed by atoms with E-state index in [0.29, 0.717) is 18.4 Å². The van der Waals surface area contributed by atoms with Crippen LogP contribution >= 0.6 is 0 Å². The van der Waals surface area contributed by atoms with Crippen molar-refractivity contribution in [1.29, 1.82) is 0 Å². The van der Waals surface area contributed by atoms with Crippen LogP contribution in [0.25, 0.3) is 0 Å². The summed E-state index contributed by atoms with van der Waals surface area (Å²) in [7, 11) is 0. The number of amides is 1. The fourth-order valence-electron chi connectivity index (χ4n) is 2.80. The van der Waals surface area contributed by atoms with E-state index in [-0.39, 0.29) is 0 Å². The van der Waals surface area contributed by atoms with E-state index < -0.39 is 34.5 Å². The normalized spacial score (nSPS) is 16.0. The molecule has 22 heavy (non-hydrogen) atoms. The molecule has 0 aromatic heterocycles. The Hall–Kier alpha value is -2.30. The van der Waals surface area contributed by atoms with E-state index in [1.165, 1.54) is 18.2 Å². The largest absolute Gasteiger partial charge is 0.320 e. The van der Waals surface area contributed by atoms with Crippen molar-refractivity contribution in [2.75, 3.05) is 5.32 Å². The van der Waals surface area contributed by atoms with Crippen LogP contribution in [0, 0.1) is 17.5 Å². The summed E-state index contributed by atoms with van der Waals surface area (Å²) in [6, 6.07) is 9.07. The molecule has 2 nitrogen and oxygen atoms in total. The van der Waals surface area contributed by atoms with Crippen LogP contribution < -0.4 is 5.32 Å². The highest BCUT2D eigenvalue weighted by atomic mass is 19.1. The molecule has 1 saturated carbocycles. The predicted molar refractivity (Wildman–Crippen MR) is 76.9 cm³/mol. The highest BCUT2D eigenvalue weighted by Gasteiger charge is 2.46. The van der Waals surface area contributed by atoms with E-state index in [4.69, 9.17) is 0 Å². The maximum atomic E-state index is 13.7. The van der Waals surface area contributed by atoms with Crippen molar-refractivity contribution in [2.24, 2.45) is 0 Å². The Morgan fingerprint density at radius 1 is 0.955 bits per heavy atom. The number of hydrogen-bond donors (Lipinski definition) is 1. The van der Waals surface area contributed by atoms with Crippen molar-refractivity contribution in [1.82, 2.24) is 0 Å². The molecule has 5 heteroatoms. The molecule has 1 aliphatic rings. The lowest BCUT2D eigenvalue weighted by Gasteiger charge is -2.40. The summed E-state index contributed by atoms with van der Waals surface area (Å²) in [5.41, 5.74) is -0.627. The number of rotatable bonds is 3. The summed E-state index contributed by atoms with van der Waals surface area (Å²) in [6.07, 6.45) is 1.98. The van der Waals surface area contributed by atoms with Gasteiger partial charge in [-0.1, -0.05) is 24.6 Å². The Bertz CT molecular complexity index is 688. The number of para-hydroxylation sites is 1. The van der Waals surface area contributed by atoms with Crippen molar-refractivity contribution in [3.8, 4) is 0 Å². The SMILES string of the molecule is O=C(Nc1c(F)cccc1F)C1(c2ccc(F)cc2)CCC1. The molecule has 2 aromatic rings. The van der Waals surface area contributed by atoms with Gasteiger partial charge < -0.3 is 5.32 Å². The summed E-state index contributed by atoms with van der Waals surface area (Å²) in [5, 5.41) is 2.35. The van der Waals surface area contributed by atoms with Gasteiger partial charge in [0, 0.05) is 0 Å². The first-order valence-corrected chi connectivity index (χ1v) is 7.04. The van der Waals surface area contributed by atoms with E-state index in [1.807, 2.05) is 0 Å². The molecule has 1 fully saturated rings. The smallest absolute Gasteiger partial charge is 0.235 e. The zero-order valence-electron chi connectivity index (χ0n) is 11.7. The molecule has 114 valence electrons. The van der Waals surface area contributed by atoms with E-state index in [9.17, 15) is 18.0 Å². The Labute approximate surface area is 126 Å². The molecule has 2 aromatic carbocycles. The van der Waals surface area contributed by atoms with Crippen LogP contribution in [0.3, 0.4) is 0 Å². The molecule has 0 spiro atoms. The number of carbonyl (C=O) groups is 1. The number of halogens is 3. The number of carbonyl (C=O) groups excluding carboxylic acids is 1. The van der Waals surface area contributed by atoms with Gasteiger partial charge in [0.1, 0.15) is 23.1 Å². The van der Waals surface area contributed by atoms with Gasteiger partial charge in [0.25, 0.3) is 0 Å². The molecular weight excluding hydrogens is 291 g/mol. The van der Waals surface area contributed by atoms with Crippen LogP contribution in [0.5, 0.6) is 0 Å². The summed E-state index contributed by atoms with van der Waals surface area (Å²) >= 11 is 0. The Morgan fingerprint density at radius 2 is 1.55 bits per heavy atom. The Kier molecular flexibility index (Phi) is 3.64. The maximum Gasteiger partial charge on any atom is 0.235 e. The molecule has 0 bridgehead atoms. The highest BCUT2D eigenvalue weighted by molar-refractivity contribution is 6.00. The van der Waals surface area contributed by atoms with E-state index >= 15 is 0 Å². The lowest BCUT2D eigenvalue weighted by atomic mass is 9.64. The van der Waals surface area contributed by atoms with Gasteiger partial charge in [0.2, 0.25) is 5.91 Å². The highest BCUT2D eigenvalue weighted by Crippen LogP contribution is 2.44. The molecule has 1 amide bonds. The minimum atomic E-state index is -0.845. The number of anilines is 1. The van der Waals surface area contributed by atoms with E-state index in [0.717, 1.165) is 18.6 Å². The third-order valence-electron chi connectivity index (χ3n) is 4.24. The third kappa shape index (κ3) is 2.36. The maximum absolute atomic E-state index is 13.7. The second-order valence-corrected chi connectivity index (χ2v) is 5.49. The number of nitrogens with one attached hydrogen (secondary N) is 1. The summed E-state index contributed by atoms with van der Waals surface area (Å²) in [6.45, 7) is 0. The van der Waals surface area contributed by atoms with E-state index in [2.05, 4.69) is 5.32 Å². The molecule has 3 rings (SSSR count). The van der Waals surface area contributed by atoms with Crippen LogP contribution in [0.4, 0.5) is 18.9 Å². The summed E-state index contributed by atoms with van der Waals surface area (Å²) < 4.78 is 40.4. The molecule has 0 heterocycles. The zero-order chi connectivity index (χ0) is 15.7. The zero-order valence-corrected chi connectivity index (χ0v) is 11.7. The fourth-order valence-corrected chi connectivity index (χ4v) is 2.80. The average Bonchev–Trinajstić information content (AvgIpc) is 2.44. The summed E-state index contributed by atoms with van der Waals surface area (Å²) in [4.78, 5) is 12.6. The van der Waals surface area contributed by atoms with Gasteiger partial charge in [-0.3, -0.25) is 4.79 Å². The third-order valence-corrected chi connectivity index (χ3v) is 4.24. The van der Waals surface area contributed by atoms with Crippen LogP contribution in [0.2, 0.25) is 0 Å². The second-order valence-electron chi connectivity index (χ2n) is 5.49. The van der Waals surface area contributed by atoms with Gasteiger partial charge in [-0.25, -0.2) is 13.2 Å². The van der Waals surface area contributed by atoms with Crippen molar-refractivity contribution >= 4 is 11.6 Å². The first kappa shape index (κ1) is 14.6. The van der Waals surface area contributed by atoms with Gasteiger partial charge >= 0.3 is 0 Å². The fraction of sp³-hybridized carbons (Fsp3) is 0.235. The molecular formula is C17H14F3NO. The Morgan fingerprint density at radius 3 is 2.05 bits per heavy atom. The van der Waals surface area contributed by atoms with Gasteiger partial charge in [-0.2, -0.15) is 0 Å². The number of hydrogen-bond acceptors (Lipinski definition) is 1. The van der Waals surface area contributed by atoms with Crippen molar-refractivity contribution < 1.29 is 18.0 Å². The molecule has 1 aliphatic carbocycles. The van der Waals surface area contributed by atoms with Crippen LogP contribution in [-0.2, 0) is 10.2 Å². The lowest BCUT2D eigenvalue weighted by Crippen LogP contribution is -2.46. The lowest BCUT2D eigenvalue weighted by molar-refractivity contribution is -0.124. The molecule has 0 radical (unpaired) electrons. The van der Waals surface area contributed by atoms with E-state index in [1.54, 1.807) is 12.1 Å². The first-order chi connectivity index (χ1) is 10.5. The predicted octanol–water partition coefficient (Wildman–Crippen LogP) is 4.16. The average molecular weight is 305 g/mol. The molecule has 1 N–H and O–H groups in total. The first-order valence-electron chi connectivity index (χ1n) is 7.04. The van der Waals surface area contributed by atoms with Crippen LogP contribution in [0.15, 0.2) is 42.5 Å². The molecule has 0 aliphatic heterocycles. The second kappa shape index (κ2) is 5.48. The molecule has 0 atom stereocenters. The van der Waals surface area contributed by atoms with Gasteiger partial charge in [-0.15, -0.1) is 0 Å². The van der Waals surface area contributed by atoms with Gasteiger partial charge in [-0.05, 0) is 42.7 Å². The minimum absolute atomic E-state index is 0.390.